The van der Waals surface area contributed by atoms with E-state index >= 15 is 0 Å². The van der Waals surface area contributed by atoms with Crippen LogP contribution in [0.15, 0.2) is 29.2 Å². The lowest BCUT2D eigenvalue weighted by Gasteiger charge is -2.23. The Hall–Kier alpha value is -1.01. The van der Waals surface area contributed by atoms with Crippen LogP contribution in [0.2, 0.25) is 0 Å². The molecule has 0 aliphatic carbocycles. The molecule has 4 nitrogen and oxygen atoms in total. The lowest BCUT2D eigenvalue weighted by atomic mass is 10.0. The van der Waals surface area contributed by atoms with Crippen LogP contribution in [0.5, 0.6) is 0 Å². The van der Waals surface area contributed by atoms with Gasteiger partial charge in [0.1, 0.15) is 0 Å². The van der Waals surface area contributed by atoms with Crippen molar-refractivity contribution < 1.29 is 13.2 Å². The summed E-state index contributed by atoms with van der Waals surface area (Å²) in [6.07, 6.45) is 2.45. The predicted octanol–water partition coefficient (Wildman–Crippen LogP) is 1.72. The first kappa shape index (κ1) is 14.4. The first-order valence-corrected chi connectivity index (χ1v) is 9.05. The smallest absolute Gasteiger partial charge is 0.251 e. The molecule has 1 aromatic carbocycles. The van der Waals surface area contributed by atoms with Crippen LogP contribution < -0.4 is 5.32 Å². The van der Waals surface area contributed by atoms with Gasteiger partial charge in [0, 0.05) is 10.5 Å². The summed E-state index contributed by atoms with van der Waals surface area (Å²) in [6, 6.07) is 7.28. The van der Waals surface area contributed by atoms with Crippen molar-refractivity contribution in [2.24, 2.45) is 0 Å². The van der Waals surface area contributed by atoms with Crippen LogP contribution in [0.1, 0.15) is 23.7 Å². The molecule has 1 aliphatic heterocycles. The Kier molecular flexibility index (Phi) is 3.92. The molecular weight excluding hydrogens is 282 g/mol. The van der Waals surface area contributed by atoms with Crippen LogP contribution in [0, 0.1) is 0 Å². The highest BCUT2D eigenvalue weighted by Gasteiger charge is 2.39. The molecule has 0 saturated carbocycles. The van der Waals surface area contributed by atoms with Gasteiger partial charge >= 0.3 is 0 Å². The average Bonchev–Trinajstić information content (AvgIpc) is 2.63. The SMILES string of the molecule is CSc1ccc(C(=O)N[C@@]2(C)CCS(=O)(=O)C2)cc1. The minimum absolute atomic E-state index is 0.0225. The minimum atomic E-state index is -3.01. The quantitative estimate of drug-likeness (QED) is 0.863. The van der Waals surface area contributed by atoms with E-state index in [2.05, 4.69) is 5.32 Å². The molecule has 0 aromatic heterocycles. The van der Waals surface area contributed by atoms with Crippen molar-refractivity contribution in [1.82, 2.24) is 5.32 Å². The molecule has 6 heteroatoms. The maximum atomic E-state index is 12.1. The van der Waals surface area contributed by atoms with Gasteiger partial charge in [-0.3, -0.25) is 4.79 Å². The van der Waals surface area contributed by atoms with Gasteiger partial charge in [-0.15, -0.1) is 11.8 Å². The fourth-order valence-electron chi connectivity index (χ4n) is 2.20. The topological polar surface area (TPSA) is 63.2 Å². The number of hydrogen-bond acceptors (Lipinski definition) is 4. The van der Waals surface area contributed by atoms with Crippen molar-refractivity contribution in [1.29, 1.82) is 0 Å². The molecule has 1 aliphatic rings. The van der Waals surface area contributed by atoms with Gasteiger partial charge < -0.3 is 5.32 Å². The van der Waals surface area contributed by atoms with E-state index in [0.29, 0.717) is 12.0 Å². The monoisotopic (exact) mass is 299 g/mol. The molecule has 2 rings (SSSR count). The van der Waals surface area contributed by atoms with E-state index in [-0.39, 0.29) is 17.4 Å². The number of carbonyl (C=O) groups is 1. The number of amides is 1. The molecule has 1 amide bonds. The molecule has 0 unspecified atom stereocenters. The third-order valence-corrected chi connectivity index (χ3v) is 5.92. The summed E-state index contributed by atoms with van der Waals surface area (Å²) >= 11 is 1.61. The largest absolute Gasteiger partial charge is 0.346 e. The fraction of sp³-hybridized carbons (Fsp3) is 0.462. The highest BCUT2D eigenvalue weighted by molar-refractivity contribution is 7.98. The summed E-state index contributed by atoms with van der Waals surface area (Å²) in [5.74, 6) is -0.0450. The van der Waals surface area contributed by atoms with Crippen LogP contribution in [0.4, 0.5) is 0 Å². The standard InChI is InChI=1S/C13H17NO3S2/c1-13(7-8-19(16,17)9-13)14-12(15)10-3-5-11(18-2)6-4-10/h3-6H,7-9H2,1-2H3,(H,14,15)/t13-/m0/s1. The van der Waals surface area contributed by atoms with E-state index in [4.69, 9.17) is 0 Å². The first-order chi connectivity index (χ1) is 8.84. The molecule has 104 valence electrons. The summed E-state index contributed by atoms with van der Waals surface area (Å²) in [7, 11) is -3.01. The highest BCUT2D eigenvalue weighted by Crippen LogP contribution is 2.23. The van der Waals surface area contributed by atoms with Crippen molar-refractivity contribution in [3.05, 3.63) is 29.8 Å². The van der Waals surface area contributed by atoms with Gasteiger partial charge in [0.2, 0.25) is 0 Å². The Morgan fingerprint density at radius 1 is 1.32 bits per heavy atom. The average molecular weight is 299 g/mol. The van der Waals surface area contributed by atoms with Gasteiger partial charge in [-0.25, -0.2) is 8.42 Å². The number of benzene rings is 1. The first-order valence-electron chi connectivity index (χ1n) is 6.01. The number of carbonyl (C=O) groups excluding carboxylic acids is 1. The summed E-state index contributed by atoms with van der Waals surface area (Å²) in [4.78, 5) is 13.2. The molecule has 1 atom stereocenters. The molecule has 1 fully saturated rings. The third-order valence-electron chi connectivity index (χ3n) is 3.27. The number of thioether (sulfide) groups is 1. The third kappa shape index (κ3) is 3.51. The number of rotatable bonds is 3. The van der Waals surface area contributed by atoms with Crippen molar-refractivity contribution in [2.75, 3.05) is 17.8 Å². The zero-order valence-electron chi connectivity index (χ0n) is 11.0. The summed E-state index contributed by atoms with van der Waals surface area (Å²) in [5, 5.41) is 2.84. The molecule has 0 radical (unpaired) electrons. The maximum absolute atomic E-state index is 12.1. The van der Waals surface area contributed by atoms with Crippen molar-refractivity contribution in [2.45, 2.75) is 23.8 Å². The van der Waals surface area contributed by atoms with E-state index in [9.17, 15) is 13.2 Å². The highest BCUT2D eigenvalue weighted by atomic mass is 32.2. The maximum Gasteiger partial charge on any atom is 0.251 e. The molecule has 1 aromatic rings. The summed E-state index contributed by atoms with van der Waals surface area (Å²) in [5.41, 5.74) is -0.0861. The molecule has 1 saturated heterocycles. The molecule has 1 N–H and O–H groups in total. The number of nitrogens with one attached hydrogen (secondary N) is 1. The van der Waals surface area contributed by atoms with Gasteiger partial charge in [-0.2, -0.15) is 0 Å². The van der Waals surface area contributed by atoms with E-state index in [1.807, 2.05) is 18.4 Å². The second-order valence-electron chi connectivity index (χ2n) is 5.09. The Morgan fingerprint density at radius 2 is 1.95 bits per heavy atom. The normalized spacial score (nSPS) is 25.2. The summed E-state index contributed by atoms with van der Waals surface area (Å²) in [6.45, 7) is 1.78. The predicted molar refractivity (Wildman–Crippen MR) is 77.4 cm³/mol. The van der Waals surface area contributed by atoms with Gasteiger partial charge in [0.15, 0.2) is 9.84 Å². The van der Waals surface area contributed by atoms with Gasteiger partial charge in [-0.05, 0) is 43.9 Å². The Bertz CT molecular complexity index is 580. The molecule has 19 heavy (non-hydrogen) atoms. The van der Waals surface area contributed by atoms with Gasteiger partial charge in [0.25, 0.3) is 5.91 Å². The zero-order valence-corrected chi connectivity index (χ0v) is 12.6. The zero-order chi connectivity index (χ0) is 14.1. The van der Waals surface area contributed by atoms with E-state index in [1.54, 1.807) is 30.8 Å². The molecule has 0 spiro atoms. The lowest BCUT2D eigenvalue weighted by molar-refractivity contribution is 0.0915. The van der Waals surface area contributed by atoms with Gasteiger partial charge in [0.05, 0.1) is 17.0 Å². The van der Waals surface area contributed by atoms with Crippen LogP contribution in [-0.4, -0.2) is 37.6 Å². The van der Waals surface area contributed by atoms with Gasteiger partial charge in [-0.1, -0.05) is 0 Å². The number of hydrogen-bond donors (Lipinski definition) is 1. The summed E-state index contributed by atoms with van der Waals surface area (Å²) < 4.78 is 23.0. The molecular formula is C13H17NO3S2. The van der Waals surface area contributed by atoms with Crippen molar-refractivity contribution >= 4 is 27.5 Å². The second-order valence-corrected chi connectivity index (χ2v) is 8.15. The minimum Gasteiger partial charge on any atom is -0.346 e. The Morgan fingerprint density at radius 3 is 2.42 bits per heavy atom. The van der Waals surface area contributed by atoms with Crippen molar-refractivity contribution in [3.63, 3.8) is 0 Å². The van der Waals surface area contributed by atoms with Crippen LogP contribution >= 0.6 is 11.8 Å². The Balaban J connectivity index is 2.08. The molecule has 1 heterocycles. The Labute approximate surface area is 117 Å². The van der Waals surface area contributed by atoms with Crippen LogP contribution in [0.25, 0.3) is 0 Å². The lowest BCUT2D eigenvalue weighted by Crippen LogP contribution is -2.46. The van der Waals surface area contributed by atoms with E-state index in [1.165, 1.54) is 0 Å². The second kappa shape index (κ2) is 5.17. The van der Waals surface area contributed by atoms with Crippen LogP contribution in [0.3, 0.4) is 0 Å². The number of sulfone groups is 1. The van der Waals surface area contributed by atoms with Crippen molar-refractivity contribution in [3.8, 4) is 0 Å². The van der Waals surface area contributed by atoms with E-state index in [0.717, 1.165) is 4.90 Å². The fourth-order valence-corrected chi connectivity index (χ4v) is 4.70. The van der Waals surface area contributed by atoms with E-state index < -0.39 is 15.4 Å². The molecule has 0 bridgehead atoms. The van der Waals surface area contributed by atoms with Crippen LogP contribution in [-0.2, 0) is 9.84 Å².